The number of nitrogens with zero attached hydrogens (tertiary/aromatic N) is 1. The third-order valence-corrected chi connectivity index (χ3v) is 4.86. The first-order valence-electron chi connectivity index (χ1n) is 7.61. The average molecular weight is 297 g/mol. The molecule has 1 aromatic carbocycles. The smallest absolute Gasteiger partial charge is 0.141 e. The van der Waals surface area contributed by atoms with Crippen molar-refractivity contribution in [2.45, 2.75) is 38.3 Å². The molecule has 0 aromatic heterocycles. The Morgan fingerprint density at radius 2 is 2.00 bits per heavy atom. The third kappa shape index (κ3) is 3.33. The van der Waals surface area contributed by atoms with Crippen molar-refractivity contribution in [1.29, 1.82) is 0 Å². The molecule has 0 atom stereocenters. The van der Waals surface area contributed by atoms with E-state index in [2.05, 4.69) is 10.2 Å². The fourth-order valence-electron chi connectivity index (χ4n) is 3.29. The van der Waals surface area contributed by atoms with Crippen LogP contribution in [0.4, 0.5) is 4.39 Å². The second-order valence-corrected chi connectivity index (χ2v) is 6.55. The molecule has 110 valence electrons. The molecule has 4 heteroatoms. The maximum atomic E-state index is 13.3. The Kier molecular flexibility index (Phi) is 4.59. The first-order valence-corrected chi connectivity index (χ1v) is 7.99. The van der Waals surface area contributed by atoms with Crippen LogP contribution in [0.3, 0.4) is 0 Å². The monoisotopic (exact) mass is 296 g/mol. The van der Waals surface area contributed by atoms with Crippen molar-refractivity contribution < 1.29 is 4.39 Å². The van der Waals surface area contributed by atoms with Crippen LogP contribution in [0.2, 0.25) is 5.02 Å². The largest absolute Gasteiger partial charge is 0.316 e. The summed E-state index contributed by atoms with van der Waals surface area (Å²) in [4.78, 5) is 2.59. The summed E-state index contributed by atoms with van der Waals surface area (Å²) in [6.45, 7) is 4.30. The molecule has 0 amide bonds. The molecule has 1 saturated carbocycles. The van der Waals surface area contributed by atoms with E-state index in [9.17, 15) is 4.39 Å². The Morgan fingerprint density at radius 3 is 2.60 bits per heavy atom. The summed E-state index contributed by atoms with van der Waals surface area (Å²) in [5, 5.41) is 3.58. The van der Waals surface area contributed by atoms with Gasteiger partial charge in [0.25, 0.3) is 0 Å². The predicted octanol–water partition coefficient (Wildman–Crippen LogP) is 3.44. The number of hydrogen-bond acceptors (Lipinski definition) is 2. The Labute approximate surface area is 125 Å². The molecule has 0 unspecified atom stereocenters. The van der Waals surface area contributed by atoms with Crippen LogP contribution in [0.5, 0.6) is 0 Å². The molecular formula is C16H22ClFN2. The van der Waals surface area contributed by atoms with Crippen molar-refractivity contribution in [3.05, 3.63) is 34.6 Å². The molecule has 1 heterocycles. The van der Waals surface area contributed by atoms with E-state index in [4.69, 9.17) is 11.6 Å². The van der Waals surface area contributed by atoms with E-state index >= 15 is 0 Å². The van der Waals surface area contributed by atoms with Crippen molar-refractivity contribution >= 4 is 11.6 Å². The maximum Gasteiger partial charge on any atom is 0.141 e. The minimum atomic E-state index is -0.328. The normalized spacial score (nSPS) is 20.6. The summed E-state index contributed by atoms with van der Waals surface area (Å²) >= 11 is 5.90. The average Bonchev–Trinajstić information content (AvgIpc) is 2.90. The zero-order valence-electron chi connectivity index (χ0n) is 11.7. The minimum Gasteiger partial charge on any atom is -0.316 e. The van der Waals surface area contributed by atoms with Crippen molar-refractivity contribution in [2.75, 3.05) is 19.6 Å². The van der Waals surface area contributed by atoms with Gasteiger partial charge in [0.2, 0.25) is 0 Å². The number of nitrogens with one attached hydrogen (secondary N) is 1. The Morgan fingerprint density at radius 1 is 1.25 bits per heavy atom. The zero-order valence-corrected chi connectivity index (χ0v) is 12.5. The van der Waals surface area contributed by atoms with Gasteiger partial charge in [0.1, 0.15) is 5.82 Å². The minimum absolute atomic E-state index is 0.235. The van der Waals surface area contributed by atoms with Crippen LogP contribution in [0.25, 0.3) is 0 Å². The summed E-state index contributed by atoms with van der Waals surface area (Å²) in [7, 11) is 0. The van der Waals surface area contributed by atoms with Gasteiger partial charge in [-0.25, -0.2) is 4.39 Å². The third-order valence-electron chi connectivity index (χ3n) is 4.57. The number of hydrogen-bond donors (Lipinski definition) is 1. The lowest BCUT2D eigenvalue weighted by Crippen LogP contribution is -2.49. The zero-order chi connectivity index (χ0) is 13.9. The first-order chi connectivity index (χ1) is 9.72. The van der Waals surface area contributed by atoms with Crippen molar-refractivity contribution in [2.24, 2.45) is 5.92 Å². The van der Waals surface area contributed by atoms with Crippen LogP contribution in [0, 0.1) is 11.7 Å². The molecular weight excluding hydrogens is 275 g/mol. The Bertz CT molecular complexity index is 456. The number of rotatable bonds is 5. The molecule has 1 aromatic rings. The molecule has 0 radical (unpaired) electrons. The lowest BCUT2D eigenvalue weighted by atomic mass is 10.0. The molecule has 2 fully saturated rings. The van der Waals surface area contributed by atoms with E-state index in [1.54, 1.807) is 6.07 Å². The van der Waals surface area contributed by atoms with Crippen molar-refractivity contribution in [1.82, 2.24) is 10.2 Å². The van der Waals surface area contributed by atoms with E-state index in [1.165, 1.54) is 31.7 Å². The molecule has 1 aliphatic carbocycles. The molecule has 20 heavy (non-hydrogen) atoms. The van der Waals surface area contributed by atoms with Crippen molar-refractivity contribution in [3.63, 3.8) is 0 Å². The van der Waals surface area contributed by atoms with Gasteiger partial charge in [-0.15, -0.1) is 0 Å². The predicted molar refractivity (Wildman–Crippen MR) is 80.4 cm³/mol. The highest BCUT2D eigenvalue weighted by Crippen LogP contribution is 2.27. The van der Waals surface area contributed by atoms with E-state index in [1.807, 2.05) is 6.07 Å². The number of halogens is 2. The highest BCUT2D eigenvalue weighted by molar-refractivity contribution is 6.30. The van der Waals surface area contributed by atoms with Crippen molar-refractivity contribution in [3.8, 4) is 0 Å². The van der Waals surface area contributed by atoms with Gasteiger partial charge in [-0.2, -0.15) is 0 Å². The fourth-order valence-corrected chi connectivity index (χ4v) is 3.50. The van der Waals surface area contributed by atoms with Crippen LogP contribution < -0.4 is 5.32 Å². The lowest BCUT2D eigenvalue weighted by Gasteiger charge is -2.36. The van der Waals surface area contributed by atoms with Gasteiger partial charge < -0.3 is 5.32 Å². The summed E-state index contributed by atoms with van der Waals surface area (Å²) in [6.07, 6.45) is 5.28. The van der Waals surface area contributed by atoms with Crippen LogP contribution >= 0.6 is 11.6 Å². The van der Waals surface area contributed by atoms with Crippen LogP contribution in [-0.4, -0.2) is 30.6 Å². The molecule has 1 saturated heterocycles. The summed E-state index contributed by atoms with van der Waals surface area (Å²) in [6, 6.07) is 5.81. The van der Waals surface area contributed by atoms with Crippen LogP contribution in [0.15, 0.2) is 18.2 Å². The van der Waals surface area contributed by atoms with E-state index in [0.717, 1.165) is 37.7 Å². The van der Waals surface area contributed by atoms with Gasteiger partial charge in [-0.3, -0.25) is 4.90 Å². The van der Waals surface area contributed by atoms with Crippen LogP contribution in [0.1, 0.15) is 31.2 Å². The SMILES string of the molecule is Fc1ccc(CN(CC2CNC2)C2CCCC2)cc1Cl. The second kappa shape index (κ2) is 6.42. The van der Waals surface area contributed by atoms with E-state index in [0.29, 0.717) is 6.04 Å². The Hall–Kier alpha value is -0.640. The van der Waals surface area contributed by atoms with Gasteiger partial charge in [0.15, 0.2) is 0 Å². The van der Waals surface area contributed by atoms with Gasteiger partial charge in [-0.1, -0.05) is 30.5 Å². The standard InChI is InChI=1S/C16H22ClFN2/c17-15-7-12(5-6-16(15)18)10-20(11-13-8-19-9-13)14-3-1-2-4-14/h5-7,13-14,19H,1-4,8-11H2. The van der Waals surface area contributed by atoms with E-state index < -0.39 is 0 Å². The molecule has 0 bridgehead atoms. The molecule has 3 rings (SSSR count). The highest BCUT2D eigenvalue weighted by Gasteiger charge is 2.27. The van der Waals surface area contributed by atoms with Gasteiger partial charge in [0.05, 0.1) is 5.02 Å². The maximum absolute atomic E-state index is 13.3. The summed E-state index contributed by atoms with van der Waals surface area (Å²) in [5.74, 6) is 0.442. The van der Waals surface area contributed by atoms with Gasteiger partial charge in [0, 0.05) is 32.2 Å². The topological polar surface area (TPSA) is 15.3 Å². The molecule has 2 aliphatic rings. The summed E-state index contributed by atoms with van der Waals surface area (Å²) in [5.41, 5.74) is 1.12. The Balaban J connectivity index is 1.68. The molecule has 0 spiro atoms. The van der Waals surface area contributed by atoms with Gasteiger partial charge >= 0.3 is 0 Å². The molecule has 1 N–H and O–H groups in total. The number of benzene rings is 1. The molecule has 1 aliphatic heterocycles. The summed E-state index contributed by atoms with van der Waals surface area (Å²) < 4.78 is 13.3. The van der Waals surface area contributed by atoms with E-state index in [-0.39, 0.29) is 10.8 Å². The van der Waals surface area contributed by atoms with Crippen LogP contribution in [-0.2, 0) is 6.54 Å². The second-order valence-electron chi connectivity index (χ2n) is 6.14. The fraction of sp³-hybridized carbons (Fsp3) is 0.625. The lowest BCUT2D eigenvalue weighted by molar-refractivity contribution is 0.137. The first kappa shape index (κ1) is 14.3. The highest BCUT2D eigenvalue weighted by atomic mass is 35.5. The van der Waals surface area contributed by atoms with Gasteiger partial charge in [-0.05, 0) is 36.5 Å². The molecule has 2 nitrogen and oxygen atoms in total. The quantitative estimate of drug-likeness (QED) is 0.895.